The topological polar surface area (TPSA) is 82.3 Å². The molecule has 0 heterocycles. The predicted octanol–water partition coefficient (Wildman–Crippen LogP) is 4.31. The third kappa shape index (κ3) is 22.0. The Balaban J connectivity index is 3.54. The molecule has 30 heavy (non-hydrogen) atoms. The van der Waals surface area contributed by atoms with Crippen LogP contribution in [0.3, 0.4) is 0 Å². The molecule has 0 rings (SSSR count). The Morgan fingerprint density at radius 1 is 0.533 bits per heavy atom. The average molecular weight is 419 g/mol. The molecule has 0 radical (unpaired) electrons. The van der Waals surface area contributed by atoms with E-state index in [0.717, 1.165) is 25.7 Å². The Bertz CT molecular complexity index is 505. The number of hydrogen-bond donors (Lipinski definition) is 4. The second kappa shape index (κ2) is 22.9. The molecule has 0 bridgehead atoms. The van der Waals surface area contributed by atoms with Crippen molar-refractivity contribution in [3.63, 3.8) is 0 Å². The van der Waals surface area contributed by atoms with E-state index >= 15 is 0 Å². The molecule has 0 aliphatic rings. The molecule has 0 aromatic carbocycles. The van der Waals surface area contributed by atoms with Crippen LogP contribution in [0.4, 0.5) is 9.59 Å². The molecule has 0 aromatic heterocycles. The lowest BCUT2D eigenvalue weighted by Crippen LogP contribution is -2.36. The summed E-state index contributed by atoms with van der Waals surface area (Å²) in [4.78, 5) is 23.2. The lowest BCUT2D eigenvalue weighted by molar-refractivity contribution is 0.241. The number of carbonyl (C=O) groups excluding carboxylic acids is 2. The maximum absolute atomic E-state index is 11.6. The lowest BCUT2D eigenvalue weighted by atomic mass is 10.1. The molecule has 0 fully saturated rings. The Morgan fingerprint density at radius 3 is 1.30 bits per heavy atom. The molecule has 0 unspecified atom stereocenters. The molecule has 0 aliphatic heterocycles. The van der Waals surface area contributed by atoms with Crippen molar-refractivity contribution in [2.75, 3.05) is 26.2 Å². The fraction of sp³-hybridized carbons (Fsp3) is 0.750. The highest BCUT2D eigenvalue weighted by atomic mass is 16.2. The van der Waals surface area contributed by atoms with Crippen molar-refractivity contribution in [1.82, 2.24) is 21.3 Å². The maximum Gasteiger partial charge on any atom is 0.315 e. The molecule has 0 saturated heterocycles. The van der Waals surface area contributed by atoms with Crippen LogP contribution >= 0.6 is 0 Å². The molecule has 0 aromatic rings. The van der Waals surface area contributed by atoms with E-state index in [9.17, 15) is 9.59 Å². The predicted molar refractivity (Wildman–Crippen MR) is 125 cm³/mol. The van der Waals surface area contributed by atoms with Gasteiger partial charge in [-0.3, -0.25) is 0 Å². The van der Waals surface area contributed by atoms with Crippen LogP contribution in [0.1, 0.15) is 90.9 Å². The van der Waals surface area contributed by atoms with E-state index in [0.29, 0.717) is 13.1 Å². The van der Waals surface area contributed by atoms with Crippen molar-refractivity contribution in [2.45, 2.75) is 90.9 Å². The molecular weight excluding hydrogens is 376 g/mol. The Hall–Kier alpha value is -2.34. The first-order chi connectivity index (χ1) is 14.7. The number of hydrogen-bond acceptors (Lipinski definition) is 2. The molecular formula is C24H42N4O2. The van der Waals surface area contributed by atoms with Crippen LogP contribution in [0, 0.1) is 23.7 Å². The minimum absolute atomic E-state index is 0.200. The van der Waals surface area contributed by atoms with Crippen LogP contribution in [0.5, 0.6) is 0 Å². The summed E-state index contributed by atoms with van der Waals surface area (Å²) in [6.07, 6.45) is 14.4. The van der Waals surface area contributed by atoms with E-state index in [4.69, 9.17) is 0 Å². The third-order valence-corrected chi connectivity index (χ3v) is 4.55. The summed E-state index contributed by atoms with van der Waals surface area (Å²) < 4.78 is 0. The summed E-state index contributed by atoms with van der Waals surface area (Å²) in [5.74, 6) is 10.9. The highest BCUT2D eigenvalue weighted by Gasteiger charge is 1.97. The number of urea groups is 2. The minimum atomic E-state index is -0.200. The van der Waals surface area contributed by atoms with Gasteiger partial charge in [-0.1, -0.05) is 89.9 Å². The van der Waals surface area contributed by atoms with Gasteiger partial charge in [-0.25, -0.2) is 9.59 Å². The van der Waals surface area contributed by atoms with Gasteiger partial charge in [0.2, 0.25) is 0 Å². The lowest BCUT2D eigenvalue weighted by Gasteiger charge is -2.05. The number of amides is 4. The smallest absolute Gasteiger partial charge is 0.315 e. The monoisotopic (exact) mass is 418 g/mol. The standard InChI is InChI=1S/C24H42N4O2/c1-3-5-7-9-11-15-19-25-23(29)27-21-17-13-14-18-22-28-24(30)26-20-16-12-10-8-6-4-2/h3-12,15-16,19-22H2,1-2H3,(H2,25,27,29)(H2,26,28,30). The van der Waals surface area contributed by atoms with Gasteiger partial charge in [0.15, 0.2) is 0 Å². The summed E-state index contributed by atoms with van der Waals surface area (Å²) in [6, 6.07) is -0.399. The summed E-state index contributed by atoms with van der Waals surface area (Å²) in [7, 11) is 0. The second-order valence-corrected chi connectivity index (χ2v) is 7.36. The minimum Gasteiger partial charge on any atom is -0.338 e. The van der Waals surface area contributed by atoms with Crippen molar-refractivity contribution >= 4 is 12.1 Å². The SMILES string of the molecule is CCCCCCCCNC(=O)NCC#CC#CCNC(=O)NCCCCCCCC. The zero-order chi connectivity index (χ0) is 22.1. The summed E-state index contributed by atoms with van der Waals surface area (Å²) in [6.45, 7) is 6.30. The highest BCUT2D eigenvalue weighted by Crippen LogP contribution is 2.04. The van der Waals surface area contributed by atoms with Gasteiger partial charge >= 0.3 is 12.1 Å². The Morgan fingerprint density at radius 2 is 0.900 bits per heavy atom. The van der Waals surface area contributed by atoms with Gasteiger partial charge in [0.05, 0.1) is 13.1 Å². The van der Waals surface area contributed by atoms with E-state index in [1.54, 1.807) is 0 Å². The highest BCUT2D eigenvalue weighted by molar-refractivity contribution is 5.74. The molecule has 0 aliphatic carbocycles. The van der Waals surface area contributed by atoms with Gasteiger partial charge in [-0.2, -0.15) is 0 Å². The van der Waals surface area contributed by atoms with Crippen molar-refractivity contribution in [2.24, 2.45) is 0 Å². The van der Waals surface area contributed by atoms with Crippen molar-refractivity contribution in [3.8, 4) is 23.7 Å². The maximum atomic E-state index is 11.6. The first-order valence-electron chi connectivity index (χ1n) is 11.7. The Labute approximate surface area is 184 Å². The fourth-order valence-electron chi connectivity index (χ4n) is 2.77. The van der Waals surface area contributed by atoms with E-state index in [1.165, 1.54) is 51.4 Å². The van der Waals surface area contributed by atoms with Crippen molar-refractivity contribution in [3.05, 3.63) is 0 Å². The first kappa shape index (κ1) is 27.7. The Kier molecular flexibility index (Phi) is 21.2. The van der Waals surface area contributed by atoms with E-state index in [-0.39, 0.29) is 25.2 Å². The number of nitrogens with one attached hydrogen (secondary N) is 4. The van der Waals surface area contributed by atoms with E-state index in [1.807, 2.05) is 0 Å². The van der Waals surface area contributed by atoms with Gasteiger partial charge in [-0.15, -0.1) is 0 Å². The molecule has 4 amide bonds. The zero-order valence-corrected chi connectivity index (χ0v) is 19.1. The van der Waals surface area contributed by atoms with Crippen LogP contribution in [0.25, 0.3) is 0 Å². The van der Waals surface area contributed by atoms with Gasteiger partial charge in [0.1, 0.15) is 0 Å². The number of rotatable bonds is 16. The van der Waals surface area contributed by atoms with Crippen molar-refractivity contribution in [1.29, 1.82) is 0 Å². The average Bonchev–Trinajstić information content (AvgIpc) is 2.74. The van der Waals surface area contributed by atoms with Gasteiger partial charge < -0.3 is 21.3 Å². The quantitative estimate of drug-likeness (QED) is 0.222. The van der Waals surface area contributed by atoms with Gasteiger partial charge in [0.25, 0.3) is 0 Å². The largest absolute Gasteiger partial charge is 0.338 e. The molecule has 6 nitrogen and oxygen atoms in total. The third-order valence-electron chi connectivity index (χ3n) is 4.55. The molecule has 170 valence electrons. The molecule has 0 saturated carbocycles. The number of unbranched alkanes of at least 4 members (excludes halogenated alkanes) is 10. The summed E-state index contributed by atoms with van der Waals surface area (Å²) in [5.41, 5.74) is 0. The first-order valence-corrected chi connectivity index (χ1v) is 11.7. The number of carbonyl (C=O) groups is 2. The van der Waals surface area contributed by atoms with Crippen LogP contribution in [0.15, 0.2) is 0 Å². The summed E-state index contributed by atoms with van der Waals surface area (Å²) in [5, 5.41) is 11.0. The van der Waals surface area contributed by atoms with Gasteiger partial charge in [0, 0.05) is 13.1 Å². The van der Waals surface area contributed by atoms with Crippen LogP contribution in [0.2, 0.25) is 0 Å². The van der Waals surface area contributed by atoms with Gasteiger partial charge in [-0.05, 0) is 24.7 Å². The normalized spacial score (nSPS) is 9.53. The summed E-state index contributed by atoms with van der Waals surface area (Å²) >= 11 is 0. The van der Waals surface area contributed by atoms with Crippen molar-refractivity contribution < 1.29 is 9.59 Å². The molecule has 0 atom stereocenters. The second-order valence-electron chi connectivity index (χ2n) is 7.36. The van der Waals surface area contributed by atoms with Crippen LogP contribution in [-0.4, -0.2) is 38.2 Å². The van der Waals surface area contributed by atoms with Crippen LogP contribution < -0.4 is 21.3 Å². The molecule has 0 spiro atoms. The molecule has 4 N–H and O–H groups in total. The van der Waals surface area contributed by atoms with E-state index in [2.05, 4.69) is 58.8 Å². The van der Waals surface area contributed by atoms with Crippen LogP contribution in [-0.2, 0) is 0 Å². The molecule has 6 heteroatoms. The van der Waals surface area contributed by atoms with E-state index < -0.39 is 0 Å². The zero-order valence-electron chi connectivity index (χ0n) is 19.1. The fourth-order valence-corrected chi connectivity index (χ4v) is 2.77.